The average Bonchev–Trinajstić information content (AvgIpc) is 3.01. The van der Waals surface area contributed by atoms with Gasteiger partial charge in [-0.1, -0.05) is 17.7 Å². The number of phenols is 1. The lowest BCUT2D eigenvalue weighted by Crippen LogP contribution is -2.31. The molecule has 2 heterocycles. The van der Waals surface area contributed by atoms with Crippen LogP contribution in [-0.4, -0.2) is 40.8 Å². The SMILES string of the molecule is CCOc1cc(C2c3c(oc4ccc(C)cc4c3=O)C(=O)N2CCCO)ccc1O. The van der Waals surface area contributed by atoms with Crippen LogP contribution < -0.4 is 10.2 Å². The monoisotopic (exact) mass is 409 g/mol. The minimum absolute atomic E-state index is 0.0188. The van der Waals surface area contributed by atoms with E-state index in [4.69, 9.17) is 9.15 Å². The predicted molar refractivity (Wildman–Crippen MR) is 111 cm³/mol. The van der Waals surface area contributed by atoms with Crippen LogP contribution in [0.1, 0.15) is 46.6 Å². The Hall–Kier alpha value is -3.32. The van der Waals surface area contributed by atoms with Gasteiger partial charge in [-0.2, -0.15) is 0 Å². The van der Waals surface area contributed by atoms with Crippen LogP contribution in [0.2, 0.25) is 0 Å². The summed E-state index contributed by atoms with van der Waals surface area (Å²) >= 11 is 0. The molecule has 0 spiro atoms. The first-order chi connectivity index (χ1) is 14.5. The Morgan fingerprint density at radius 2 is 1.97 bits per heavy atom. The standard InChI is InChI=1S/C23H23NO6/c1-3-29-18-12-14(6-7-16(18)26)20-19-21(27)15-11-13(2)5-8-17(15)30-22(19)23(28)24(20)9-4-10-25/h5-8,11-12,20,25-26H,3-4,9-10H2,1-2H3. The Bertz CT molecular complexity index is 1180. The summed E-state index contributed by atoms with van der Waals surface area (Å²) in [4.78, 5) is 28.1. The lowest BCUT2D eigenvalue weighted by molar-refractivity contribution is 0.0716. The number of rotatable bonds is 6. The molecule has 2 N–H and O–H groups in total. The summed E-state index contributed by atoms with van der Waals surface area (Å²) in [6.45, 7) is 4.21. The Labute approximate surface area is 173 Å². The van der Waals surface area contributed by atoms with E-state index in [1.54, 1.807) is 31.2 Å². The fourth-order valence-electron chi connectivity index (χ4n) is 3.92. The number of aliphatic hydroxyl groups excluding tert-OH is 1. The van der Waals surface area contributed by atoms with E-state index in [-0.39, 0.29) is 41.4 Å². The third-order valence-electron chi connectivity index (χ3n) is 5.28. The van der Waals surface area contributed by atoms with E-state index in [2.05, 4.69) is 0 Å². The van der Waals surface area contributed by atoms with Crippen molar-refractivity contribution >= 4 is 16.9 Å². The van der Waals surface area contributed by atoms with Crippen LogP contribution in [0.5, 0.6) is 11.5 Å². The number of amides is 1. The van der Waals surface area contributed by atoms with E-state index in [0.717, 1.165) is 5.56 Å². The summed E-state index contributed by atoms with van der Waals surface area (Å²) in [5, 5.41) is 19.8. The average molecular weight is 409 g/mol. The first-order valence-corrected chi connectivity index (χ1v) is 9.91. The van der Waals surface area contributed by atoms with Gasteiger partial charge in [-0.3, -0.25) is 9.59 Å². The molecule has 7 heteroatoms. The molecule has 1 amide bonds. The van der Waals surface area contributed by atoms with Gasteiger partial charge in [0, 0.05) is 13.2 Å². The number of carbonyl (C=O) groups is 1. The first-order valence-electron chi connectivity index (χ1n) is 9.91. The number of fused-ring (bicyclic) bond motifs is 2. The molecule has 1 unspecified atom stereocenters. The van der Waals surface area contributed by atoms with Crippen LogP contribution in [0.15, 0.2) is 45.6 Å². The molecule has 1 atom stereocenters. The number of nitrogens with zero attached hydrogens (tertiary/aromatic N) is 1. The van der Waals surface area contributed by atoms with E-state index < -0.39 is 11.9 Å². The molecule has 0 aliphatic carbocycles. The van der Waals surface area contributed by atoms with Crippen molar-refractivity contribution in [3.63, 3.8) is 0 Å². The molecule has 0 bridgehead atoms. The highest BCUT2D eigenvalue weighted by atomic mass is 16.5. The van der Waals surface area contributed by atoms with Crippen LogP contribution >= 0.6 is 0 Å². The number of ether oxygens (including phenoxy) is 1. The molecule has 3 aromatic rings. The zero-order valence-electron chi connectivity index (χ0n) is 16.8. The van der Waals surface area contributed by atoms with Crippen molar-refractivity contribution in [3.8, 4) is 11.5 Å². The normalized spacial score (nSPS) is 15.6. The molecule has 1 aliphatic heterocycles. The van der Waals surface area contributed by atoms with Crippen LogP contribution in [0.3, 0.4) is 0 Å². The number of aromatic hydroxyl groups is 1. The number of benzene rings is 2. The first kappa shape index (κ1) is 20.0. The topological polar surface area (TPSA) is 100 Å². The molecule has 7 nitrogen and oxygen atoms in total. The van der Waals surface area contributed by atoms with Crippen LogP contribution in [-0.2, 0) is 0 Å². The fourth-order valence-corrected chi connectivity index (χ4v) is 3.92. The van der Waals surface area contributed by atoms with Crippen molar-refractivity contribution in [2.45, 2.75) is 26.3 Å². The molecule has 0 radical (unpaired) electrons. The van der Waals surface area contributed by atoms with Gasteiger partial charge < -0.3 is 24.3 Å². The summed E-state index contributed by atoms with van der Waals surface area (Å²) < 4.78 is 11.4. The number of aliphatic hydroxyl groups is 1. The minimum atomic E-state index is -0.694. The van der Waals surface area contributed by atoms with Crippen molar-refractivity contribution in [1.82, 2.24) is 4.90 Å². The van der Waals surface area contributed by atoms with Gasteiger partial charge in [-0.05, 0) is 50.1 Å². The van der Waals surface area contributed by atoms with Gasteiger partial charge in [-0.25, -0.2) is 0 Å². The molecule has 0 saturated carbocycles. The Kier molecular flexibility index (Phi) is 5.22. The van der Waals surface area contributed by atoms with Crippen molar-refractivity contribution < 1.29 is 24.2 Å². The van der Waals surface area contributed by atoms with E-state index in [0.29, 0.717) is 29.6 Å². The maximum atomic E-state index is 13.4. The number of phenolic OH excluding ortho intramolecular Hbond substituents is 1. The smallest absolute Gasteiger partial charge is 0.290 e. The van der Waals surface area contributed by atoms with Gasteiger partial charge in [0.2, 0.25) is 5.76 Å². The van der Waals surface area contributed by atoms with Gasteiger partial charge >= 0.3 is 0 Å². The fraction of sp³-hybridized carbons (Fsp3) is 0.304. The van der Waals surface area contributed by atoms with E-state index >= 15 is 0 Å². The number of carbonyl (C=O) groups excluding carboxylic acids is 1. The highest BCUT2D eigenvalue weighted by Crippen LogP contribution is 2.40. The van der Waals surface area contributed by atoms with Crippen molar-refractivity contribution in [2.24, 2.45) is 0 Å². The quantitative estimate of drug-likeness (QED) is 0.649. The second-order valence-electron chi connectivity index (χ2n) is 7.31. The molecule has 1 aromatic heterocycles. The van der Waals surface area contributed by atoms with Gasteiger partial charge in [0.25, 0.3) is 5.91 Å². The summed E-state index contributed by atoms with van der Waals surface area (Å²) in [5.74, 6) is -0.119. The molecule has 0 fully saturated rings. The zero-order chi connectivity index (χ0) is 21.4. The Balaban J connectivity index is 1.95. The maximum absolute atomic E-state index is 13.4. The Morgan fingerprint density at radius 1 is 1.17 bits per heavy atom. The van der Waals surface area contributed by atoms with Crippen molar-refractivity contribution in [2.75, 3.05) is 19.8 Å². The van der Waals surface area contributed by atoms with E-state index in [9.17, 15) is 19.8 Å². The van der Waals surface area contributed by atoms with E-state index in [1.807, 2.05) is 13.0 Å². The van der Waals surface area contributed by atoms with Crippen molar-refractivity contribution in [1.29, 1.82) is 0 Å². The predicted octanol–water partition coefficient (Wildman–Crippen LogP) is 3.13. The molecular weight excluding hydrogens is 386 g/mol. The number of hydrogen-bond donors (Lipinski definition) is 2. The van der Waals surface area contributed by atoms with Gasteiger partial charge in [0.15, 0.2) is 16.9 Å². The van der Waals surface area contributed by atoms with Gasteiger partial charge in [0.1, 0.15) is 5.58 Å². The largest absolute Gasteiger partial charge is 0.504 e. The van der Waals surface area contributed by atoms with Crippen LogP contribution in [0.4, 0.5) is 0 Å². The number of aryl methyl sites for hydroxylation is 1. The molecule has 4 rings (SSSR count). The second-order valence-corrected chi connectivity index (χ2v) is 7.31. The number of hydrogen-bond acceptors (Lipinski definition) is 6. The van der Waals surface area contributed by atoms with E-state index in [1.165, 1.54) is 11.0 Å². The third-order valence-corrected chi connectivity index (χ3v) is 5.28. The zero-order valence-corrected chi connectivity index (χ0v) is 16.8. The van der Waals surface area contributed by atoms with Gasteiger partial charge in [-0.15, -0.1) is 0 Å². The van der Waals surface area contributed by atoms with Crippen LogP contribution in [0.25, 0.3) is 11.0 Å². The molecule has 156 valence electrons. The molecular formula is C23H23NO6. The van der Waals surface area contributed by atoms with Crippen LogP contribution in [0, 0.1) is 6.92 Å². The van der Waals surface area contributed by atoms with Crippen molar-refractivity contribution in [3.05, 3.63) is 69.1 Å². The summed E-state index contributed by atoms with van der Waals surface area (Å²) in [6.07, 6.45) is 0.361. The minimum Gasteiger partial charge on any atom is -0.504 e. The molecule has 2 aromatic carbocycles. The summed E-state index contributed by atoms with van der Waals surface area (Å²) in [7, 11) is 0. The second kappa shape index (κ2) is 7.84. The van der Waals surface area contributed by atoms with Gasteiger partial charge in [0.05, 0.1) is 23.6 Å². The highest BCUT2D eigenvalue weighted by molar-refractivity contribution is 5.99. The maximum Gasteiger partial charge on any atom is 0.290 e. The highest BCUT2D eigenvalue weighted by Gasteiger charge is 2.42. The summed E-state index contributed by atoms with van der Waals surface area (Å²) in [5.41, 5.74) is 1.91. The molecule has 1 aliphatic rings. The summed E-state index contributed by atoms with van der Waals surface area (Å²) in [6, 6.07) is 9.36. The third kappa shape index (κ3) is 3.21. The molecule has 30 heavy (non-hydrogen) atoms. The Morgan fingerprint density at radius 3 is 2.70 bits per heavy atom. The molecule has 0 saturated heterocycles. The lowest BCUT2D eigenvalue weighted by atomic mass is 9.97. The lowest BCUT2D eigenvalue weighted by Gasteiger charge is -2.25.